The molecule has 1 N–H and O–H groups in total. The molecule has 0 fully saturated rings. The lowest BCUT2D eigenvalue weighted by atomic mass is 10.4. The van der Waals surface area contributed by atoms with Gasteiger partial charge in [-0.1, -0.05) is 0 Å². The lowest BCUT2D eigenvalue weighted by Gasteiger charge is -2.04. The molecule has 1 heterocycles. The predicted molar refractivity (Wildman–Crippen MR) is 50.5 cm³/mol. The SMILES string of the molecule is CNC(=O)CCn1cncc1CCl. The highest BCUT2D eigenvalue weighted by Gasteiger charge is 2.02. The fourth-order valence-electron chi connectivity index (χ4n) is 1.01. The van der Waals surface area contributed by atoms with Crippen molar-refractivity contribution in [2.24, 2.45) is 0 Å². The van der Waals surface area contributed by atoms with Gasteiger partial charge in [0.15, 0.2) is 0 Å². The molecule has 0 aliphatic rings. The minimum Gasteiger partial charge on any atom is -0.359 e. The Morgan fingerprint density at radius 3 is 3.15 bits per heavy atom. The van der Waals surface area contributed by atoms with Gasteiger partial charge in [0.05, 0.1) is 17.9 Å². The van der Waals surface area contributed by atoms with Gasteiger partial charge in [-0.3, -0.25) is 4.79 Å². The van der Waals surface area contributed by atoms with Crippen LogP contribution in [0.25, 0.3) is 0 Å². The average molecular weight is 202 g/mol. The quantitative estimate of drug-likeness (QED) is 0.732. The second kappa shape index (κ2) is 4.87. The van der Waals surface area contributed by atoms with Crippen molar-refractivity contribution >= 4 is 17.5 Å². The van der Waals surface area contributed by atoms with Gasteiger partial charge < -0.3 is 9.88 Å². The third-order valence-corrected chi connectivity index (χ3v) is 2.07. The van der Waals surface area contributed by atoms with Gasteiger partial charge >= 0.3 is 0 Å². The molecule has 0 aliphatic heterocycles. The van der Waals surface area contributed by atoms with E-state index in [1.807, 2.05) is 4.57 Å². The van der Waals surface area contributed by atoms with Crippen molar-refractivity contribution in [1.29, 1.82) is 0 Å². The fraction of sp³-hybridized carbons (Fsp3) is 0.500. The summed E-state index contributed by atoms with van der Waals surface area (Å²) >= 11 is 5.66. The molecule has 0 bridgehead atoms. The molecule has 0 atom stereocenters. The van der Waals surface area contributed by atoms with Crippen LogP contribution in [0.4, 0.5) is 0 Å². The van der Waals surface area contributed by atoms with Crippen LogP contribution in [-0.4, -0.2) is 22.5 Å². The second-order valence-electron chi connectivity index (χ2n) is 2.64. The summed E-state index contributed by atoms with van der Waals surface area (Å²) in [7, 11) is 1.62. The molecule has 1 aromatic heterocycles. The zero-order valence-corrected chi connectivity index (χ0v) is 8.21. The maximum Gasteiger partial charge on any atom is 0.221 e. The summed E-state index contributed by atoms with van der Waals surface area (Å²) < 4.78 is 1.88. The highest BCUT2D eigenvalue weighted by molar-refractivity contribution is 6.16. The Balaban J connectivity index is 2.49. The number of amides is 1. The van der Waals surface area contributed by atoms with E-state index in [0.29, 0.717) is 18.8 Å². The third kappa shape index (κ3) is 2.73. The fourth-order valence-corrected chi connectivity index (χ4v) is 1.23. The highest BCUT2D eigenvalue weighted by atomic mass is 35.5. The van der Waals surface area contributed by atoms with E-state index in [2.05, 4.69) is 10.3 Å². The molecule has 0 spiro atoms. The number of imidazole rings is 1. The van der Waals surface area contributed by atoms with Crippen LogP contribution < -0.4 is 5.32 Å². The second-order valence-corrected chi connectivity index (χ2v) is 2.90. The molecule has 1 amide bonds. The first-order chi connectivity index (χ1) is 6.27. The molecule has 4 nitrogen and oxygen atoms in total. The summed E-state index contributed by atoms with van der Waals surface area (Å²) in [5.74, 6) is 0.447. The minimum absolute atomic E-state index is 0.0224. The normalized spacial score (nSPS) is 10.0. The number of hydrogen-bond acceptors (Lipinski definition) is 2. The number of halogens is 1. The highest BCUT2D eigenvalue weighted by Crippen LogP contribution is 2.03. The third-order valence-electron chi connectivity index (χ3n) is 1.79. The van der Waals surface area contributed by atoms with E-state index in [-0.39, 0.29) is 5.91 Å². The van der Waals surface area contributed by atoms with Crippen LogP contribution in [0.3, 0.4) is 0 Å². The van der Waals surface area contributed by atoms with E-state index in [4.69, 9.17) is 11.6 Å². The Hall–Kier alpha value is -1.03. The van der Waals surface area contributed by atoms with Gasteiger partial charge in [-0.15, -0.1) is 11.6 Å². The number of hydrogen-bond donors (Lipinski definition) is 1. The maximum absolute atomic E-state index is 10.9. The summed E-state index contributed by atoms with van der Waals surface area (Å²) in [6, 6.07) is 0. The number of nitrogens with one attached hydrogen (secondary N) is 1. The van der Waals surface area contributed by atoms with Gasteiger partial charge in [0, 0.05) is 26.2 Å². The Morgan fingerprint density at radius 1 is 1.77 bits per heavy atom. The average Bonchev–Trinajstić information content (AvgIpc) is 2.61. The number of nitrogens with zero attached hydrogens (tertiary/aromatic N) is 2. The number of carbonyl (C=O) groups excluding carboxylic acids is 1. The molecule has 1 aromatic rings. The summed E-state index contributed by atoms with van der Waals surface area (Å²) in [5.41, 5.74) is 0.936. The molecule has 0 aromatic carbocycles. The van der Waals surface area contributed by atoms with Gasteiger partial charge in [-0.05, 0) is 0 Å². The van der Waals surface area contributed by atoms with Crippen molar-refractivity contribution in [3.63, 3.8) is 0 Å². The van der Waals surface area contributed by atoms with Gasteiger partial charge in [-0.25, -0.2) is 4.98 Å². The van der Waals surface area contributed by atoms with E-state index < -0.39 is 0 Å². The lowest BCUT2D eigenvalue weighted by Crippen LogP contribution is -2.19. The van der Waals surface area contributed by atoms with Crippen molar-refractivity contribution < 1.29 is 4.79 Å². The first-order valence-corrected chi connectivity index (χ1v) is 4.57. The number of alkyl halides is 1. The summed E-state index contributed by atoms with van der Waals surface area (Å²) in [4.78, 5) is 14.9. The lowest BCUT2D eigenvalue weighted by molar-refractivity contribution is -0.120. The molecule has 0 unspecified atom stereocenters. The van der Waals surface area contributed by atoms with Crippen LogP contribution in [0, 0.1) is 0 Å². The monoisotopic (exact) mass is 201 g/mol. The number of rotatable bonds is 4. The smallest absolute Gasteiger partial charge is 0.221 e. The Kier molecular flexibility index (Phi) is 3.76. The molecule has 1 rings (SSSR count). The minimum atomic E-state index is 0.0224. The molecule has 72 valence electrons. The van der Waals surface area contributed by atoms with Gasteiger partial charge in [0.25, 0.3) is 0 Å². The molecule has 0 aliphatic carbocycles. The van der Waals surface area contributed by atoms with E-state index in [9.17, 15) is 4.79 Å². The molecule has 5 heteroatoms. The van der Waals surface area contributed by atoms with Crippen LogP contribution in [0.2, 0.25) is 0 Å². The van der Waals surface area contributed by atoms with Crippen LogP contribution in [0.5, 0.6) is 0 Å². The van der Waals surface area contributed by atoms with Crippen LogP contribution in [-0.2, 0) is 17.2 Å². The Bertz CT molecular complexity index is 285. The summed E-state index contributed by atoms with van der Waals surface area (Å²) in [5, 5.41) is 2.56. The standard InChI is InChI=1S/C8H12ClN3O/c1-10-8(13)2-3-12-6-11-5-7(12)4-9/h5-6H,2-4H2,1H3,(H,10,13). The molecular weight excluding hydrogens is 190 g/mol. The largest absolute Gasteiger partial charge is 0.359 e. The zero-order chi connectivity index (χ0) is 9.68. The van der Waals surface area contributed by atoms with Crippen molar-refractivity contribution in [3.05, 3.63) is 18.2 Å². The van der Waals surface area contributed by atoms with Crippen LogP contribution in [0.15, 0.2) is 12.5 Å². The van der Waals surface area contributed by atoms with E-state index in [0.717, 1.165) is 5.69 Å². The van der Waals surface area contributed by atoms with E-state index in [1.54, 1.807) is 19.6 Å². The van der Waals surface area contributed by atoms with Gasteiger partial charge in [-0.2, -0.15) is 0 Å². The van der Waals surface area contributed by atoms with E-state index >= 15 is 0 Å². The van der Waals surface area contributed by atoms with Crippen molar-refractivity contribution in [1.82, 2.24) is 14.9 Å². The molecular formula is C8H12ClN3O. The number of aryl methyl sites for hydroxylation is 1. The molecule has 0 saturated heterocycles. The number of carbonyl (C=O) groups is 1. The molecule has 13 heavy (non-hydrogen) atoms. The first kappa shape index (κ1) is 10.1. The summed E-state index contributed by atoms with van der Waals surface area (Å²) in [6.45, 7) is 0.627. The topological polar surface area (TPSA) is 46.9 Å². The number of aromatic nitrogens is 2. The first-order valence-electron chi connectivity index (χ1n) is 4.03. The van der Waals surface area contributed by atoms with Crippen molar-refractivity contribution in [2.45, 2.75) is 18.8 Å². The molecule has 0 radical (unpaired) electrons. The van der Waals surface area contributed by atoms with Crippen LogP contribution in [0.1, 0.15) is 12.1 Å². The van der Waals surface area contributed by atoms with Gasteiger partial charge in [0.1, 0.15) is 0 Å². The predicted octanol–water partition coefficient (Wildman–Crippen LogP) is 0.758. The maximum atomic E-state index is 10.9. The summed E-state index contributed by atoms with van der Waals surface area (Å²) in [6.07, 6.45) is 3.84. The van der Waals surface area contributed by atoms with Crippen LogP contribution >= 0.6 is 11.6 Å². The van der Waals surface area contributed by atoms with Crippen molar-refractivity contribution in [3.8, 4) is 0 Å². The van der Waals surface area contributed by atoms with E-state index in [1.165, 1.54) is 0 Å². The van der Waals surface area contributed by atoms with Crippen molar-refractivity contribution in [2.75, 3.05) is 7.05 Å². The Morgan fingerprint density at radius 2 is 2.54 bits per heavy atom. The van der Waals surface area contributed by atoms with Gasteiger partial charge in [0.2, 0.25) is 5.91 Å². The Labute approximate surface area is 81.9 Å². The molecule has 0 saturated carbocycles. The zero-order valence-electron chi connectivity index (χ0n) is 7.46.